The third-order valence-corrected chi connectivity index (χ3v) is 3.67. The number of fused-ring (bicyclic) bond motifs is 1. The summed E-state index contributed by atoms with van der Waals surface area (Å²) in [7, 11) is 0. The Hall–Kier alpha value is -2.04. The number of piperidine rings is 1. The Kier molecular flexibility index (Phi) is 2.89. The first-order valence-corrected chi connectivity index (χ1v) is 6.30. The van der Waals surface area contributed by atoms with Crippen LogP contribution in [0.5, 0.6) is 0 Å². The van der Waals surface area contributed by atoms with Crippen molar-refractivity contribution in [2.45, 2.75) is 18.8 Å². The van der Waals surface area contributed by atoms with Crippen LogP contribution in [0.2, 0.25) is 0 Å². The molecule has 0 aliphatic carbocycles. The molecule has 1 aliphatic rings. The maximum Gasteiger partial charge on any atom is 0.407 e. The average molecular weight is 263 g/mol. The van der Waals surface area contributed by atoms with Gasteiger partial charge in [0.25, 0.3) is 0 Å². The Morgan fingerprint density at radius 1 is 1.32 bits per heavy atom. The van der Waals surface area contributed by atoms with Gasteiger partial charge in [0.15, 0.2) is 0 Å². The minimum absolute atomic E-state index is 0.214. The molecule has 0 radical (unpaired) electrons. The molecule has 19 heavy (non-hydrogen) atoms. The van der Waals surface area contributed by atoms with Gasteiger partial charge in [-0.2, -0.15) is 0 Å². The van der Waals surface area contributed by atoms with Crippen molar-refractivity contribution in [3.63, 3.8) is 0 Å². The predicted octanol–water partition coefficient (Wildman–Crippen LogP) is 3.43. The first kappa shape index (κ1) is 12.0. The van der Waals surface area contributed by atoms with Gasteiger partial charge < -0.3 is 14.4 Å². The van der Waals surface area contributed by atoms with Gasteiger partial charge in [0.05, 0.1) is 0 Å². The summed E-state index contributed by atoms with van der Waals surface area (Å²) in [4.78, 5) is 12.3. The molecule has 0 atom stereocenters. The summed E-state index contributed by atoms with van der Waals surface area (Å²) in [6.07, 6.45) is 0.619. The molecule has 0 saturated carbocycles. The second-order valence-electron chi connectivity index (χ2n) is 4.87. The maximum absolute atomic E-state index is 13.1. The van der Waals surface area contributed by atoms with Crippen LogP contribution < -0.4 is 0 Å². The molecule has 0 unspecified atom stereocenters. The molecular formula is C14H14FNO3. The van der Waals surface area contributed by atoms with E-state index in [1.165, 1.54) is 17.0 Å². The number of hydrogen-bond acceptors (Lipinski definition) is 2. The fourth-order valence-electron chi connectivity index (χ4n) is 2.59. The largest absolute Gasteiger partial charge is 0.465 e. The third kappa shape index (κ3) is 2.28. The molecule has 1 aromatic heterocycles. The molecule has 0 spiro atoms. The summed E-state index contributed by atoms with van der Waals surface area (Å²) < 4.78 is 18.8. The van der Waals surface area contributed by atoms with Crippen molar-refractivity contribution < 1.29 is 18.7 Å². The van der Waals surface area contributed by atoms with Gasteiger partial charge in [-0.15, -0.1) is 0 Å². The Bertz CT molecular complexity index is 614. The molecule has 2 heterocycles. The molecule has 1 fully saturated rings. The van der Waals surface area contributed by atoms with Crippen LogP contribution in [-0.2, 0) is 0 Å². The zero-order valence-corrected chi connectivity index (χ0v) is 10.3. The van der Waals surface area contributed by atoms with Crippen molar-refractivity contribution in [1.82, 2.24) is 4.90 Å². The number of carboxylic acid groups (broad SMARTS) is 1. The molecule has 5 heteroatoms. The number of nitrogens with zero attached hydrogens (tertiary/aromatic N) is 1. The zero-order valence-electron chi connectivity index (χ0n) is 10.3. The normalized spacial score (nSPS) is 17.0. The SMILES string of the molecule is O=C(O)N1CCC(c2cc3cc(F)ccc3o2)CC1. The lowest BCUT2D eigenvalue weighted by Crippen LogP contribution is -2.36. The van der Waals surface area contributed by atoms with E-state index in [2.05, 4.69) is 0 Å². The number of likely N-dealkylation sites (tertiary alicyclic amines) is 1. The van der Waals surface area contributed by atoms with Crippen LogP contribution in [0.1, 0.15) is 24.5 Å². The molecule has 0 bridgehead atoms. The number of benzene rings is 1. The van der Waals surface area contributed by atoms with Crippen LogP contribution in [-0.4, -0.2) is 29.2 Å². The highest BCUT2D eigenvalue weighted by Crippen LogP contribution is 2.32. The van der Waals surface area contributed by atoms with E-state index in [4.69, 9.17) is 9.52 Å². The van der Waals surface area contributed by atoms with E-state index in [0.29, 0.717) is 18.7 Å². The van der Waals surface area contributed by atoms with Crippen molar-refractivity contribution in [2.75, 3.05) is 13.1 Å². The number of amides is 1. The fourth-order valence-corrected chi connectivity index (χ4v) is 2.59. The molecule has 2 aromatic rings. The highest BCUT2D eigenvalue weighted by molar-refractivity contribution is 5.78. The van der Waals surface area contributed by atoms with Crippen molar-refractivity contribution >= 4 is 17.1 Å². The Morgan fingerprint density at radius 2 is 2.05 bits per heavy atom. The lowest BCUT2D eigenvalue weighted by Gasteiger charge is -2.28. The Balaban J connectivity index is 1.80. The van der Waals surface area contributed by atoms with E-state index in [9.17, 15) is 9.18 Å². The van der Waals surface area contributed by atoms with E-state index in [1.807, 2.05) is 6.07 Å². The van der Waals surface area contributed by atoms with Gasteiger partial charge >= 0.3 is 6.09 Å². The lowest BCUT2D eigenvalue weighted by molar-refractivity contribution is 0.130. The minimum Gasteiger partial charge on any atom is -0.465 e. The van der Waals surface area contributed by atoms with Crippen molar-refractivity contribution in [1.29, 1.82) is 0 Å². The molecule has 1 saturated heterocycles. The van der Waals surface area contributed by atoms with E-state index in [0.717, 1.165) is 24.0 Å². The number of rotatable bonds is 1. The number of carbonyl (C=O) groups is 1. The van der Waals surface area contributed by atoms with Gasteiger partial charge in [0, 0.05) is 24.4 Å². The predicted molar refractivity (Wildman–Crippen MR) is 67.7 cm³/mol. The maximum atomic E-state index is 13.1. The molecule has 100 valence electrons. The smallest absolute Gasteiger partial charge is 0.407 e. The standard InChI is InChI=1S/C14H14FNO3/c15-11-1-2-12-10(7-11)8-13(19-12)9-3-5-16(6-4-9)14(17)18/h1-2,7-9H,3-6H2,(H,17,18). The van der Waals surface area contributed by atoms with E-state index >= 15 is 0 Å². The van der Waals surface area contributed by atoms with Gasteiger partial charge in [-0.3, -0.25) is 0 Å². The minimum atomic E-state index is -0.870. The van der Waals surface area contributed by atoms with E-state index in [-0.39, 0.29) is 11.7 Å². The summed E-state index contributed by atoms with van der Waals surface area (Å²) in [5.41, 5.74) is 0.678. The second-order valence-corrected chi connectivity index (χ2v) is 4.87. The topological polar surface area (TPSA) is 53.7 Å². The van der Waals surface area contributed by atoms with Crippen LogP contribution in [0.25, 0.3) is 11.0 Å². The molecule has 3 rings (SSSR count). The highest BCUT2D eigenvalue weighted by atomic mass is 19.1. The average Bonchev–Trinajstić information content (AvgIpc) is 2.81. The van der Waals surface area contributed by atoms with Gasteiger partial charge in [-0.25, -0.2) is 9.18 Å². The van der Waals surface area contributed by atoms with Crippen LogP contribution in [0.3, 0.4) is 0 Å². The Morgan fingerprint density at radius 3 is 2.74 bits per heavy atom. The van der Waals surface area contributed by atoms with E-state index in [1.54, 1.807) is 6.07 Å². The lowest BCUT2D eigenvalue weighted by atomic mass is 9.94. The fraction of sp³-hybridized carbons (Fsp3) is 0.357. The first-order valence-electron chi connectivity index (χ1n) is 6.30. The van der Waals surface area contributed by atoms with Crippen molar-refractivity contribution in [3.05, 3.63) is 35.8 Å². The van der Waals surface area contributed by atoms with Gasteiger partial charge in [-0.1, -0.05) is 0 Å². The quantitative estimate of drug-likeness (QED) is 0.857. The molecule has 1 amide bonds. The second kappa shape index (κ2) is 4.57. The van der Waals surface area contributed by atoms with Crippen LogP contribution >= 0.6 is 0 Å². The van der Waals surface area contributed by atoms with Gasteiger partial charge in [0.1, 0.15) is 17.2 Å². The van der Waals surface area contributed by atoms with Crippen LogP contribution in [0.15, 0.2) is 28.7 Å². The first-order chi connectivity index (χ1) is 9.13. The third-order valence-electron chi connectivity index (χ3n) is 3.67. The summed E-state index contributed by atoms with van der Waals surface area (Å²) in [6.45, 7) is 1.04. The van der Waals surface area contributed by atoms with Crippen LogP contribution in [0.4, 0.5) is 9.18 Å². The number of furan rings is 1. The van der Waals surface area contributed by atoms with E-state index < -0.39 is 6.09 Å². The van der Waals surface area contributed by atoms with Crippen LogP contribution in [0, 0.1) is 5.82 Å². The molecule has 4 nitrogen and oxygen atoms in total. The summed E-state index contributed by atoms with van der Waals surface area (Å²) in [6, 6.07) is 6.32. The zero-order chi connectivity index (χ0) is 13.4. The number of hydrogen-bond donors (Lipinski definition) is 1. The molecular weight excluding hydrogens is 249 g/mol. The summed E-state index contributed by atoms with van der Waals surface area (Å²) in [5.74, 6) is 0.761. The van der Waals surface area contributed by atoms with Crippen molar-refractivity contribution in [2.24, 2.45) is 0 Å². The molecule has 1 aliphatic heterocycles. The highest BCUT2D eigenvalue weighted by Gasteiger charge is 2.25. The van der Waals surface area contributed by atoms with Gasteiger partial charge in [-0.05, 0) is 37.1 Å². The number of halogens is 1. The van der Waals surface area contributed by atoms with Gasteiger partial charge in [0.2, 0.25) is 0 Å². The Labute approximate surface area is 109 Å². The molecule has 1 aromatic carbocycles. The monoisotopic (exact) mass is 263 g/mol. The summed E-state index contributed by atoms with van der Waals surface area (Å²) >= 11 is 0. The van der Waals surface area contributed by atoms with Crippen molar-refractivity contribution in [3.8, 4) is 0 Å². The summed E-state index contributed by atoms with van der Waals surface area (Å²) in [5, 5.41) is 9.66. The molecule has 1 N–H and O–H groups in total.